The summed E-state index contributed by atoms with van der Waals surface area (Å²) in [7, 11) is 3.45. The molecule has 0 saturated heterocycles. The first-order valence-electron chi connectivity index (χ1n) is 9.01. The Morgan fingerprint density at radius 3 is 2.41 bits per heavy atom. The molecule has 5 nitrogen and oxygen atoms in total. The Bertz CT molecular complexity index is 665. The summed E-state index contributed by atoms with van der Waals surface area (Å²) in [5.41, 5.74) is 2.42. The van der Waals surface area contributed by atoms with Crippen molar-refractivity contribution in [2.45, 2.75) is 19.4 Å². The third kappa shape index (κ3) is 9.10. The van der Waals surface area contributed by atoms with E-state index < -0.39 is 0 Å². The van der Waals surface area contributed by atoms with Crippen molar-refractivity contribution in [3.05, 3.63) is 65.7 Å². The minimum absolute atomic E-state index is 0. The SMILES string of the molecule is CN=C(NCCCc1ccccc1)NCCOCc1ccccc1OC.I. The van der Waals surface area contributed by atoms with E-state index in [1.807, 2.05) is 30.3 Å². The van der Waals surface area contributed by atoms with Gasteiger partial charge in [-0.2, -0.15) is 0 Å². The van der Waals surface area contributed by atoms with E-state index >= 15 is 0 Å². The molecule has 2 rings (SSSR count). The lowest BCUT2D eigenvalue weighted by Crippen LogP contribution is -2.39. The van der Waals surface area contributed by atoms with Gasteiger partial charge in [0.05, 0.1) is 20.3 Å². The van der Waals surface area contributed by atoms with Crippen LogP contribution in [0.5, 0.6) is 5.75 Å². The van der Waals surface area contributed by atoms with Crippen LogP contribution in [0, 0.1) is 0 Å². The van der Waals surface area contributed by atoms with Gasteiger partial charge in [-0.3, -0.25) is 4.99 Å². The first-order chi connectivity index (χ1) is 12.8. The molecule has 6 heteroatoms. The van der Waals surface area contributed by atoms with Crippen LogP contribution in [0.15, 0.2) is 59.6 Å². The summed E-state index contributed by atoms with van der Waals surface area (Å²) in [5.74, 6) is 1.66. The summed E-state index contributed by atoms with van der Waals surface area (Å²) in [6, 6.07) is 18.4. The maximum absolute atomic E-state index is 5.72. The summed E-state index contributed by atoms with van der Waals surface area (Å²) in [4.78, 5) is 4.23. The van der Waals surface area contributed by atoms with Gasteiger partial charge in [-0.15, -0.1) is 24.0 Å². The standard InChI is InChI=1S/C21H29N3O2.HI/c1-22-21(23-14-8-11-18-9-4-3-5-10-18)24-15-16-26-17-19-12-6-7-13-20(19)25-2;/h3-7,9-10,12-13H,8,11,14-17H2,1-2H3,(H2,22,23,24);1H. The zero-order valence-corrected chi connectivity index (χ0v) is 18.4. The van der Waals surface area contributed by atoms with Crippen molar-refractivity contribution in [2.24, 2.45) is 4.99 Å². The molecule has 148 valence electrons. The van der Waals surface area contributed by atoms with E-state index in [2.05, 4.69) is 39.9 Å². The van der Waals surface area contributed by atoms with Gasteiger partial charge in [0.25, 0.3) is 0 Å². The Labute approximate surface area is 179 Å². The maximum atomic E-state index is 5.72. The number of ether oxygens (including phenoxy) is 2. The zero-order chi connectivity index (χ0) is 18.5. The molecule has 0 heterocycles. The van der Waals surface area contributed by atoms with Crippen LogP contribution in [0.25, 0.3) is 0 Å². The lowest BCUT2D eigenvalue weighted by Gasteiger charge is -2.13. The molecule has 27 heavy (non-hydrogen) atoms. The average molecular weight is 483 g/mol. The van der Waals surface area contributed by atoms with Crippen molar-refractivity contribution in [1.29, 1.82) is 0 Å². The van der Waals surface area contributed by atoms with E-state index in [4.69, 9.17) is 9.47 Å². The number of aryl methyl sites for hydroxylation is 1. The number of nitrogens with zero attached hydrogens (tertiary/aromatic N) is 1. The molecule has 0 unspecified atom stereocenters. The van der Waals surface area contributed by atoms with E-state index in [1.54, 1.807) is 14.2 Å². The van der Waals surface area contributed by atoms with Gasteiger partial charge in [0.2, 0.25) is 0 Å². The van der Waals surface area contributed by atoms with Crippen LogP contribution in [-0.4, -0.2) is 39.8 Å². The lowest BCUT2D eigenvalue weighted by molar-refractivity contribution is 0.123. The Morgan fingerprint density at radius 2 is 1.67 bits per heavy atom. The molecule has 0 aromatic heterocycles. The predicted octanol–water partition coefficient (Wildman–Crippen LogP) is 3.63. The number of methoxy groups -OCH3 is 1. The smallest absolute Gasteiger partial charge is 0.191 e. The zero-order valence-electron chi connectivity index (χ0n) is 16.1. The summed E-state index contributed by atoms with van der Waals surface area (Å²) < 4.78 is 11.0. The first kappa shape index (κ1) is 23.2. The van der Waals surface area contributed by atoms with Crippen molar-refractivity contribution in [1.82, 2.24) is 10.6 Å². The molecule has 0 radical (unpaired) electrons. The number of guanidine groups is 1. The van der Waals surface area contributed by atoms with Gasteiger partial charge in [0.1, 0.15) is 5.75 Å². The fourth-order valence-electron chi connectivity index (χ4n) is 2.61. The van der Waals surface area contributed by atoms with Crippen LogP contribution < -0.4 is 15.4 Å². The fourth-order valence-corrected chi connectivity index (χ4v) is 2.61. The molecule has 0 amide bonds. The number of para-hydroxylation sites is 1. The topological polar surface area (TPSA) is 54.9 Å². The predicted molar refractivity (Wildman–Crippen MR) is 122 cm³/mol. The van der Waals surface area contributed by atoms with Crippen LogP contribution in [0.3, 0.4) is 0 Å². The molecule has 0 saturated carbocycles. The van der Waals surface area contributed by atoms with Crippen molar-refractivity contribution in [2.75, 3.05) is 33.9 Å². The highest BCUT2D eigenvalue weighted by molar-refractivity contribution is 14.0. The van der Waals surface area contributed by atoms with E-state index in [9.17, 15) is 0 Å². The highest BCUT2D eigenvalue weighted by Crippen LogP contribution is 2.17. The van der Waals surface area contributed by atoms with Crippen LogP contribution in [0.1, 0.15) is 17.5 Å². The Hall–Kier alpha value is -1.80. The molecule has 0 aliphatic heterocycles. The van der Waals surface area contributed by atoms with Crippen LogP contribution >= 0.6 is 24.0 Å². The van der Waals surface area contributed by atoms with Crippen molar-refractivity contribution >= 4 is 29.9 Å². The third-order valence-electron chi connectivity index (χ3n) is 3.99. The maximum Gasteiger partial charge on any atom is 0.191 e. The molecule has 0 fully saturated rings. The second-order valence-electron chi connectivity index (χ2n) is 5.88. The molecular formula is C21H30IN3O2. The van der Waals surface area contributed by atoms with E-state index in [0.717, 1.165) is 36.7 Å². The molecule has 2 aromatic rings. The summed E-state index contributed by atoms with van der Waals surface area (Å²) >= 11 is 0. The lowest BCUT2D eigenvalue weighted by atomic mass is 10.1. The highest BCUT2D eigenvalue weighted by Gasteiger charge is 2.02. The normalized spacial score (nSPS) is 10.8. The van der Waals surface area contributed by atoms with Gasteiger partial charge < -0.3 is 20.1 Å². The van der Waals surface area contributed by atoms with Crippen LogP contribution in [0.4, 0.5) is 0 Å². The van der Waals surface area contributed by atoms with Crippen molar-refractivity contribution < 1.29 is 9.47 Å². The van der Waals surface area contributed by atoms with Crippen LogP contribution in [-0.2, 0) is 17.8 Å². The first-order valence-corrected chi connectivity index (χ1v) is 9.01. The number of nitrogens with one attached hydrogen (secondary N) is 2. The van der Waals surface area contributed by atoms with Crippen LogP contribution in [0.2, 0.25) is 0 Å². The molecule has 0 aliphatic rings. The van der Waals surface area contributed by atoms with Gasteiger partial charge in [-0.25, -0.2) is 0 Å². The summed E-state index contributed by atoms with van der Waals surface area (Å²) in [6.45, 7) is 2.72. The minimum atomic E-state index is 0. The molecule has 2 N–H and O–H groups in total. The molecule has 0 spiro atoms. The molecule has 0 aliphatic carbocycles. The Kier molecular flexibility index (Phi) is 12.3. The number of halogens is 1. The second kappa shape index (κ2) is 14.3. The molecule has 0 bridgehead atoms. The molecule has 0 atom stereocenters. The fraction of sp³-hybridized carbons (Fsp3) is 0.381. The number of benzene rings is 2. The molecular weight excluding hydrogens is 453 g/mol. The minimum Gasteiger partial charge on any atom is -0.496 e. The summed E-state index contributed by atoms with van der Waals surface area (Å²) in [5, 5.41) is 6.60. The van der Waals surface area contributed by atoms with E-state index in [1.165, 1.54) is 5.56 Å². The van der Waals surface area contributed by atoms with Crippen molar-refractivity contribution in [3.8, 4) is 5.75 Å². The quantitative estimate of drug-likeness (QED) is 0.235. The van der Waals surface area contributed by atoms with Gasteiger partial charge in [0.15, 0.2) is 5.96 Å². The monoisotopic (exact) mass is 483 g/mol. The molecule has 2 aromatic carbocycles. The number of hydrogen-bond acceptors (Lipinski definition) is 3. The highest BCUT2D eigenvalue weighted by atomic mass is 127. The number of rotatable bonds is 10. The van der Waals surface area contributed by atoms with Crippen molar-refractivity contribution in [3.63, 3.8) is 0 Å². The summed E-state index contributed by atoms with van der Waals surface area (Å²) in [6.07, 6.45) is 2.13. The number of aliphatic imine (C=N–C) groups is 1. The largest absolute Gasteiger partial charge is 0.496 e. The average Bonchev–Trinajstić information content (AvgIpc) is 2.70. The van der Waals surface area contributed by atoms with Gasteiger partial charge in [-0.05, 0) is 24.5 Å². The number of hydrogen-bond donors (Lipinski definition) is 2. The Balaban J connectivity index is 0.00000364. The van der Waals surface area contributed by atoms with Gasteiger partial charge >= 0.3 is 0 Å². The van der Waals surface area contributed by atoms with Gasteiger partial charge in [-0.1, -0.05) is 48.5 Å². The second-order valence-corrected chi connectivity index (χ2v) is 5.88. The third-order valence-corrected chi connectivity index (χ3v) is 3.99. The van der Waals surface area contributed by atoms with Gasteiger partial charge in [0, 0.05) is 25.7 Å². The Morgan fingerprint density at radius 1 is 0.963 bits per heavy atom. The van der Waals surface area contributed by atoms with E-state index in [0.29, 0.717) is 19.8 Å². The van der Waals surface area contributed by atoms with E-state index in [-0.39, 0.29) is 24.0 Å².